The average Bonchev–Trinajstić information content (AvgIpc) is 2.36. The minimum absolute atomic E-state index is 0.0827. The Kier molecular flexibility index (Phi) is 4.43. The highest BCUT2D eigenvalue weighted by Gasteiger charge is 2.26. The summed E-state index contributed by atoms with van der Waals surface area (Å²) in [5.41, 5.74) is -1.21. The van der Waals surface area contributed by atoms with Gasteiger partial charge in [0, 0.05) is 0 Å². The molecule has 0 saturated carbocycles. The molecule has 104 valence electrons. The lowest BCUT2D eigenvalue weighted by Crippen LogP contribution is -2.43. The quantitative estimate of drug-likeness (QED) is 0.424. The van der Waals surface area contributed by atoms with Crippen molar-refractivity contribution in [3.63, 3.8) is 0 Å². The smallest absolute Gasteiger partial charge is 0.328 e. The van der Waals surface area contributed by atoms with Crippen LogP contribution in [0.25, 0.3) is 0 Å². The van der Waals surface area contributed by atoms with E-state index in [1.807, 2.05) is 0 Å². The lowest BCUT2D eigenvalue weighted by molar-refractivity contribution is -0.140. The highest BCUT2D eigenvalue weighted by molar-refractivity contribution is 5.96. The minimum atomic E-state index is -2.19. The Morgan fingerprint density at radius 1 is 1.16 bits per heavy atom. The van der Waals surface area contributed by atoms with E-state index in [-0.39, 0.29) is 6.07 Å². The molecule has 1 atom stereocenters. The summed E-state index contributed by atoms with van der Waals surface area (Å²) in [6.45, 7) is -1.02. The summed E-state index contributed by atoms with van der Waals surface area (Å²) in [6, 6.07) is -1.71. The number of hydrogen-bond donors (Lipinski definition) is 3. The Bertz CT molecular complexity index is 535. The van der Waals surface area contributed by atoms with E-state index in [4.69, 9.17) is 10.2 Å². The number of carboxylic acids is 1. The van der Waals surface area contributed by atoms with Gasteiger partial charge in [0.15, 0.2) is 29.3 Å². The molecule has 1 amide bonds. The number of aliphatic hydroxyl groups is 1. The largest absolute Gasteiger partial charge is 0.480 e. The molecule has 1 aromatic carbocycles. The molecule has 0 saturated heterocycles. The van der Waals surface area contributed by atoms with Crippen LogP contribution < -0.4 is 5.32 Å². The van der Waals surface area contributed by atoms with E-state index in [9.17, 15) is 27.2 Å². The molecule has 0 heterocycles. The summed E-state index contributed by atoms with van der Waals surface area (Å²) in [7, 11) is 0. The second-order valence-electron chi connectivity index (χ2n) is 3.39. The van der Waals surface area contributed by atoms with Crippen molar-refractivity contribution < 1.29 is 37.4 Å². The maximum absolute atomic E-state index is 13.2. The van der Waals surface area contributed by atoms with Crippen LogP contribution in [0.3, 0.4) is 0 Å². The van der Waals surface area contributed by atoms with Gasteiger partial charge >= 0.3 is 5.97 Å². The van der Waals surface area contributed by atoms with Gasteiger partial charge in [-0.05, 0) is 6.07 Å². The summed E-state index contributed by atoms with van der Waals surface area (Å²) in [5, 5.41) is 18.7. The number of rotatable bonds is 4. The Balaban J connectivity index is 3.11. The standard InChI is InChI=1S/C10H7F4NO4/c11-4-1-3(6(12)8(14)7(4)13)9(17)15-5(2-16)10(18)19/h1,5,16H,2H2,(H,15,17)(H,18,19)/t5-/m1/s1. The lowest BCUT2D eigenvalue weighted by Gasteiger charge is -2.12. The monoisotopic (exact) mass is 281 g/mol. The van der Waals surface area contributed by atoms with Gasteiger partial charge < -0.3 is 15.5 Å². The molecule has 0 unspecified atom stereocenters. The van der Waals surface area contributed by atoms with Crippen molar-refractivity contribution in [3.8, 4) is 0 Å². The molecule has 9 heteroatoms. The normalized spacial score (nSPS) is 12.1. The van der Waals surface area contributed by atoms with Crippen molar-refractivity contribution in [1.29, 1.82) is 0 Å². The highest BCUT2D eigenvalue weighted by Crippen LogP contribution is 2.18. The first-order chi connectivity index (χ1) is 8.79. The first kappa shape index (κ1) is 14.9. The van der Waals surface area contributed by atoms with Crippen LogP contribution in [-0.2, 0) is 4.79 Å². The number of nitrogens with one attached hydrogen (secondary N) is 1. The SMILES string of the molecule is O=C(N[C@H](CO)C(=O)O)c1cc(F)c(F)c(F)c1F. The molecule has 0 aliphatic rings. The second-order valence-corrected chi connectivity index (χ2v) is 3.39. The van der Waals surface area contributed by atoms with Gasteiger partial charge in [-0.2, -0.15) is 0 Å². The van der Waals surface area contributed by atoms with Gasteiger partial charge in [-0.25, -0.2) is 22.4 Å². The van der Waals surface area contributed by atoms with Gasteiger partial charge in [0.25, 0.3) is 5.91 Å². The fourth-order valence-corrected chi connectivity index (χ4v) is 1.16. The van der Waals surface area contributed by atoms with Gasteiger partial charge in [-0.1, -0.05) is 0 Å². The number of aliphatic hydroxyl groups excluding tert-OH is 1. The van der Waals surface area contributed by atoms with Crippen LogP contribution in [-0.4, -0.2) is 34.7 Å². The van der Waals surface area contributed by atoms with Gasteiger partial charge in [0.05, 0.1) is 12.2 Å². The number of carboxylic acid groups (broad SMARTS) is 1. The van der Waals surface area contributed by atoms with E-state index in [0.717, 1.165) is 0 Å². The summed E-state index contributed by atoms with van der Waals surface area (Å²) in [6.07, 6.45) is 0. The summed E-state index contributed by atoms with van der Waals surface area (Å²) < 4.78 is 51.5. The van der Waals surface area contributed by atoms with Crippen molar-refractivity contribution in [2.45, 2.75) is 6.04 Å². The van der Waals surface area contributed by atoms with Crippen molar-refractivity contribution in [1.82, 2.24) is 5.32 Å². The van der Waals surface area contributed by atoms with E-state index in [0.29, 0.717) is 0 Å². The van der Waals surface area contributed by atoms with Crippen LogP contribution in [0.15, 0.2) is 6.07 Å². The van der Waals surface area contributed by atoms with Crippen LogP contribution in [0.4, 0.5) is 17.6 Å². The van der Waals surface area contributed by atoms with E-state index < -0.39 is 53.4 Å². The Morgan fingerprint density at radius 3 is 2.21 bits per heavy atom. The van der Waals surface area contributed by atoms with Gasteiger partial charge in [0.2, 0.25) is 0 Å². The maximum atomic E-state index is 13.2. The van der Waals surface area contributed by atoms with Crippen LogP contribution in [0, 0.1) is 23.3 Å². The molecular weight excluding hydrogens is 274 g/mol. The minimum Gasteiger partial charge on any atom is -0.480 e. The van der Waals surface area contributed by atoms with Crippen LogP contribution in [0.2, 0.25) is 0 Å². The topological polar surface area (TPSA) is 86.6 Å². The number of carbonyl (C=O) groups excluding carboxylic acids is 1. The number of hydrogen-bond acceptors (Lipinski definition) is 3. The second kappa shape index (κ2) is 5.65. The molecule has 0 aromatic heterocycles. The molecular formula is C10H7F4NO4. The molecule has 0 aliphatic heterocycles. The molecule has 19 heavy (non-hydrogen) atoms. The number of halogens is 4. The van der Waals surface area contributed by atoms with Gasteiger partial charge in [-0.15, -0.1) is 0 Å². The predicted octanol–water partition coefficient (Wildman–Crippen LogP) is 0.418. The number of benzene rings is 1. The molecule has 0 fully saturated rings. The zero-order valence-electron chi connectivity index (χ0n) is 9.08. The summed E-state index contributed by atoms with van der Waals surface area (Å²) in [4.78, 5) is 21.9. The van der Waals surface area contributed by atoms with Crippen LogP contribution in [0.5, 0.6) is 0 Å². The third-order valence-corrected chi connectivity index (χ3v) is 2.13. The van der Waals surface area contributed by atoms with E-state index in [2.05, 4.69) is 0 Å². The fraction of sp³-hybridized carbons (Fsp3) is 0.200. The van der Waals surface area contributed by atoms with Crippen molar-refractivity contribution in [3.05, 3.63) is 34.9 Å². The predicted molar refractivity (Wildman–Crippen MR) is 52.2 cm³/mol. The average molecular weight is 281 g/mol. The van der Waals surface area contributed by atoms with Gasteiger partial charge in [-0.3, -0.25) is 4.79 Å². The third-order valence-electron chi connectivity index (χ3n) is 2.13. The number of carbonyl (C=O) groups is 2. The first-order valence-electron chi connectivity index (χ1n) is 4.77. The highest BCUT2D eigenvalue weighted by atomic mass is 19.2. The zero-order chi connectivity index (χ0) is 14.7. The van der Waals surface area contributed by atoms with E-state index in [1.165, 1.54) is 0 Å². The van der Waals surface area contributed by atoms with Crippen molar-refractivity contribution >= 4 is 11.9 Å². The molecule has 1 rings (SSSR count). The Labute approximate surface area is 103 Å². The van der Waals surface area contributed by atoms with Crippen molar-refractivity contribution in [2.75, 3.05) is 6.61 Å². The molecule has 0 spiro atoms. The lowest BCUT2D eigenvalue weighted by atomic mass is 10.1. The fourth-order valence-electron chi connectivity index (χ4n) is 1.16. The van der Waals surface area contributed by atoms with E-state index in [1.54, 1.807) is 5.32 Å². The Morgan fingerprint density at radius 2 is 1.74 bits per heavy atom. The van der Waals surface area contributed by atoms with Gasteiger partial charge in [0.1, 0.15) is 0 Å². The molecule has 1 aromatic rings. The molecule has 5 nitrogen and oxygen atoms in total. The van der Waals surface area contributed by atoms with Crippen molar-refractivity contribution in [2.24, 2.45) is 0 Å². The molecule has 0 aliphatic carbocycles. The zero-order valence-corrected chi connectivity index (χ0v) is 9.08. The molecule has 0 bridgehead atoms. The molecule has 0 radical (unpaired) electrons. The third kappa shape index (κ3) is 2.99. The first-order valence-corrected chi connectivity index (χ1v) is 4.77. The Hall–Kier alpha value is -2.16. The maximum Gasteiger partial charge on any atom is 0.328 e. The number of aliphatic carboxylic acids is 1. The van der Waals surface area contributed by atoms with Crippen LogP contribution in [0.1, 0.15) is 10.4 Å². The number of amides is 1. The van der Waals surface area contributed by atoms with Crippen LogP contribution >= 0.6 is 0 Å². The van der Waals surface area contributed by atoms with E-state index >= 15 is 0 Å². The summed E-state index contributed by atoms with van der Waals surface area (Å²) in [5.74, 6) is -11.2. The molecule has 3 N–H and O–H groups in total. The summed E-state index contributed by atoms with van der Waals surface area (Å²) >= 11 is 0.